The Balaban J connectivity index is 0.000000259. The van der Waals surface area contributed by atoms with Crippen molar-refractivity contribution in [1.82, 2.24) is 34.3 Å². The summed E-state index contributed by atoms with van der Waals surface area (Å²) in [5.41, 5.74) is -2.48. The number of aromatic nitrogens is 6. The number of alkyl halides is 6. The van der Waals surface area contributed by atoms with E-state index in [4.69, 9.17) is 19.7 Å². The number of rotatable bonds is 15. The maximum Gasteiger partial charge on any atom is 0.394 e. The van der Waals surface area contributed by atoms with Crippen LogP contribution in [-0.4, -0.2) is 88.9 Å². The molecule has 2 aromatic carbocycles. The number of benzene rings is 2. The smallest absolute Gasteiger partial charge is 0.394 e. The van der Waals surface area contributed by atoms with Crippen molar-refractivity contribution in [3.05, 3.63) is 132 Å². The number of carbonyl (C=O) groups excluding carboxylic acids is 1. The Morgan fingerprint density at radius 3 is 1.41 bits per heavy atom. The van der Waals surface area contributed by atoms with Gasteiger partial charge in [0.1, 0.15) is 0 Å². The first kappa shape index (κ1) is 54.0. The fraction of sp³-hybridized carbons (Fsp3) is 0.318. The number of sulfonamides is 2. The monoisotopic (exact) mass is 1030 g/mol. The highest BCUT2D eigenvalue weighted by Crippen LogP contribution is 2.60. The molecule has 0 unspecified atom stereocenters. The summed E-state index contributed by atoms with van der Waals surface area (Å²) in [5.74, 6) is -0.841. The van der Waals surface area contributed by atoms with E-state index in [1.807, 2.05) is 4.72 Å². The second kappa shape index (κ2) is 21.4. The number of nitrogens with one attached hydrogen (secondary N) is 1. The number of primary sulfonamides is 1. The molecule has 26 heteroatoms. The minimum atomic E-state index is -4.23. The zero-order valence-electron chi connectivity index (χ0n) is 38.0. The summed E-state index contributed by atoms with van der Waals surface area (Å²) >= 11 is 0. The predicted molar refractivity (Wildman–Crippen MR) is 235 cm³/mol. The molecule has 0 saturated heterocycles. The second-order valence-electron chi connectivity index (χ2n) is 16.0. The van der Waals surface area contributed by atoms with Gasteiger partial charge in [-0.2, -0.15) is 26.3 Å². The van der Waals surface area contributed by atoms with Gasteiger partial charge in [-0.3, -0.25) is 4.79 Å². The number of amides is 1. The summed E-state index contributed by atoms with van der Waals surface area (Å²) < 4.78 is 139. The van der Waals surface area contributed by atoms with Gasteiger partial charge in [0.2, 0.25) is 21.8 Å². The highest BCUT2D eigenvalue weighted by molar-refractivity contribution is 7.90. The first-order chi connectivity index (χ1) is 32.3. The molecule has 70 heavy (non-hydrogen) atoms. The number of hydrogen-bond donors (Lipinski definition) is 3. The molecule has 2 saturated carbocycles. The summed E-state index contributed by atoms with van der Waals surface area (Å²) in [5, 5.41) is 22.1. The summed E-state index contributed by atoms with van der Waals surface area (Å²) in [4.78, 5) is 32.1. The molecule has 8 rings (SSSR count). The molecule has 4 N–H and O–H groups in total. The third-order valence-corrected chi connectivity index (χ3v) is 13.4. The van der Waals surface area contributed by atoms with Crippen LogP contribution in [-0.2, 0) is 20.0 Å². The summed E-state index contributed by atoms with van der Waals surface area (Å²) in [6.45, 7) is 2.93. The largest absolute Gasteiger partial charge is 1.00 e. The third-order valence-electron chi connectivity index (χ3n) is 11.1. The number of carboxylic acids is 1. The van der Waals surface area contributed by atoms with E-state index in [0.29, 0.717) is 17.3 Å². The highest BCUT2D eigenvalue weighted by atomic mass is 32.2. The van der Waals surface area contributed by atoms with Gasteiger partial charge in [-0.1, -0.05) is 36.4 Å². The number of carboxylic acid groups (broad SMARTS) is 1. The Labute approximate surface area is 397 Å². The Bertz CT molecular complexity index is 3010. The maximum absolute atomic E-state index is 13.0. The van der Waals surface area contributed by atoms with E-state index < -0.39 is 55.1 Å². The minimum Gasteiger partial charge on any atom is -1.00 e. The molecule has 0 radical (unpaired) electrons. The molecule has 0 spiro atoms. The SMILES string of the molecule is Cc1nc(-n2ccc(OCCC3(C(F)(F)F)CC3)n2)ccc1C(=O)NS(=O)(=O)c1ccccc1.Cc1nc(-n2ccc(OCCC3(C(F)(F)F)CC3)n2)ccc1C(=O)O.NS(=O)(=O)c1ccccc1.[2H-].[F-]. The number of pyridine rings is 2. The van der Waals surface area contributed by atoms with Crippen molar-refractivity contribution in [2.75, 3.05) is 13.2 Å². The van der Waals surface area contributed by atoms with Crippen molar-refractivity contribution in [2.24, 2.45) is 16.0 Å². The molecule has 0 bridgehead atoms. The molecule has 2 fully saturated rings. The van der Waals surface area contributed by atoms with Gasteiger partial charge in [-0.15, -0.1) is 10.2 Å². The molecule has 0 aliphatic heterocycles. The summed E-state index contributed by atoms with van der Waals surface area (Å²) in [7, 11) is -7.54. The molecule has 2 aliphatic rings. The number of aromatic carboxylic acids is 1. The van der Waals surface area contributed by atoms with Gasteiger partial charge in [-0.05, 0) is 101 Å². The van der Waals surface area contributed by atoms with Gasteiger partial charge in [0.05, 0.1) is 56.3 Å². The van der Waals surface area contributed by atoms with Gasteiger partial charge in [-0.25, -0.2) is 50.8 Å². The highest BCUT2D eigenvalue weighted by Gasteiger charge is 2.63. The van der Waals surface area contributed by atoms with Crippen LogP contribution >= 0.6 is 0 Å². The number of halogens is 7. The van der Waals surface area contributed by atoms with E-state index in [2.05, 4.69) is 20.2 Å². The maximum atomic E-state index is 13.0. The van der Waals surface area contributed by atoms with E-state index >= 15 is 0 Å². The molecule has 378 valence electrons. The van der Waals surface area contributed by atoms with Crippen LogP contribution in [0.15, 0.2) is 119 Å². The standard InChI is InChI=1S/C22H21F3N4O4S.C16H16F3N3O3.C6H7NO2S.FH.H/c1-15-17(20(30)28-34(31,32)16-5-3-2-4-6-16)7-8-18(26-15)29-13-9-19(27-29)33-14-12-21(10-11-21)22(23,24)25;1-10-11(14(23)24)2-3-12(20-10)22-8-4-13(21-22)25-9-7-15(5-6-15)16(17,18)19;7-10(8,9)6-4-2-1-3-5-6;;/h2-9,13H,10-12,14H2,1H3,(H,28,30);2-4,8H,5-7,9H2,1H3,(H,23,24);1-5H,(H2,7,8,9);1H;/q;;;;-1/p-1/i;;;;1+1. The van der Waals surface area contributed by atoms with E-state index in [1.165, 1.54) is 76.2 Å². The van der Waals surface area contributed by atoms with Crippen LogP contribution in [0.5, 0.6) is 11.8 Å². The summed E-state index contributed by atoms with van der Waals surface area (Å²) in [6.07, 6.45) is -5.05. The number of carbonyl (C=O) groups is 2. The average Bonchev–Trinajstić information content (AvgIpc) is 4.16. The van der Waals surface area contributed by atoms with Gasteiger partial charge in [0, 0.05) is 24.5 Å². The first-order valence-corrected chi connectivity index (χ1v) is 23.8. The Morgan fingerprint density at radius 1 is 0.671 bits per heavy atom. The van der Waals surface area contributed by atoms with Crippen LogP contribution in [0.1, 0.15) is 72.1 Å². The number of hydrogen-bond acceptors (Lipinski definition) is 12. The molecular weight excluding hydrogens is 982 g/mol. The van der Waals surface area contributed by atoms with E-state index in [0.717, 1.165) is 0 Å². The second-order valence-corrected chi connectivity index (χ2v) is 19.2. The summed E-state index contributed by atoms with van der Waals surface area (Å²) in [6, 6.07) is 24.2. The van der Waals surface area contributed by atoms with Crippen molar-refractivity contribution in [3.63, 3.8) is 0 Å². The van der Waals surface area contributed by atoms with Gasteiger partial charge in [0.15, 0.2) is 11.6 Å². The molecule has 2 aliphatic carbocycles. The predicted octanol–water partition coefficient (Wildman–Crippen LogP) is 4.64. The third kappa shape index (κ3) is 13.4. The molecule has 4 heterocycles. The molecule has 17 nitrogen and oxygen atoms in total. The van der Waals surface area contributed by atoms with Gasteiger partial charge < -0.3 is 20.7 Å². The number of ether oxygens (including phenoxy) is 2. The Morgan fingerprint density at radius 2 is 1.07 bits per heavy atom. The van der Waals surface area contributed by atoms with E-state index in [-0.39, 0.29) is 96.2 Å². The molecule has 6 aromatic rings. The first-order valence-electron chi connectivity index (χ1n) is 20.7. The lowest BCUT2D eigenvalue weighted by Crippen LogP contribution is -3.00. The quantitative estimate of drug-likeness (QED) is 0.119. The van der Waals surface area contributed by atoms with Gasteiger partial charge >= 0.3 is 18.3 Å². The minimum absolute atomic E-state index is 0. The van der Waals surface area contributed by atoms with Crippen molar-refractivity contribution in [2.45, 2.75) is 74.5 Å². The normalized spacial score (nSPS) is 14.6. The lowest BCUT2D eigenvalue weighted by atomic mass is 10.0. The van der Waals surface area contributed by atoms with Crippen LogP contribution in [0.25, 0.3) is 11.6 Å². The van der Waals surface area contributed by atoms with Crippen LogP contribution in [0.2, 0.25) is 0 Å². The Hall–Kier alpha value is -6.93. The lowest BCUT2D eigenvalue weighted by molar-refractivity contribution is -0.190. The van der Waals surface area contributed by atoms with Crippen molar-refractivity contribution in [1.29, 1.82) is 0 Å². The van der Waals surface area contributed by atoms with Crippen molar-refractivity contribution >= 4 is 31.9 Å². The topological polar surface area (TPSA) is 241 Å². The lowest BCUT2D eigenvalue weighted by Gasteiger charge is -2.18. The fourth-order valence-electron chi connectivity index (χ4n) is 6.64. The van der Waals surface area contributed by atoms with Crippen LogP contribution in [0, 0.1) is 24.7 Å². The molecule has 4 aromatic heterocycles. The zero-order valence-corrected chi connectivity index (χ0v) is 38.6. The van der Waals surface area contributed by atoms with Crippen LogP contribution in [0.4, 0.5) is 26.3 Å². The average molecular weight is 1030 g/mol. The van der Waals surface area contributed by atoms with Crippen LogP contribution in [0.3, 0.4) is 0 Å². The fourth-order valence-corrected chi connectivity index (χ4v) is 8.16. The van der Waals surface area contributed by atoms with Crippen molar-refractivity contribution in [3.8, 4) is 23.4 Å². The molecular formula is C44H45F7N8O9S2-2. The zero-order chi connectivity index (χ0) is 50.4. The van der Waals surface area contributed by atoms with Gasteiger partial charge in [0.25, 0.3) is 15.9 Å². The number of aryl methyl sites for hydroxylation is 2. The molecule has 1 amide bonds. The number of nitrogens with zero attached hydrogens (tertiary/aromatic N) is 6. The van der Waals surface area contributed by atoms with Crippen molar-refractivity contribution < 1.29 is 73.5 Å². The molecule has 0 atom stereocenters. The Kier molecular flexibility index (Phi) is 16.5. The van der Waals surface area contributed by atoms with E-state index in [1.54, 1.807) is 56.4 Å². The number of nitrogens with two attached hydrogens (primary N) is 1. The van der Waals surface area contributed by atoms with Crippen LogP contribution < -0.4 is 24.0 Å². The van der Waals surface area contributed by atoms with E-state index in [9.17, 15) is 52.8 Å².